The maximum atomic E-state index is 12.5. The van der Waals surface area contributed by atoms with Crippen molar-refractivity contribution in [3.05, 3.63) is 57.5 Å². The van der Waals surface area contributed by atoms with E-state index in [4.69, 9.17) is 21.1 Å². The van der Waals surface area contributed by atoms with Gasteiger partial charge in [-0.05, 0) is 55.3 Å². The van der Waals surface area contributed by atoms with Gasteiger partial charge in [0.05, 0.1) is 17.0 Å². The first-order valence-electron chi connectivity index (χ1n) is 9.03. The third-order valence-electron chi connectivity index (χ3n) is 4.71. The molecule has 0 aliphatic carbocycles. The lowest BCUT2D eigenvalue weighted by Gasteiger charge is -2.25. The van der Waals surface area contributed by atoms with Crippen LogP contribution in [0.2, 0.25) is 5.02 Å². The molecule has 1 amide bonds. The molecule has 0 radical (unpaired) electrons. The highest BCUT2D eigenvalue weighted by Gasteiger charge is 2.30. The van der Waals surface area contributed by atoms with Gasteiger partial charge in [-0.25, -0.2) is 4.79 Å². The second-order valence-corrected chi connectivity index (χ2v) is 7.31. The monoisotopic (exact) mass is 415 g/mol. The van der Waals surface area contributed by atoms with Crippen molar-refractivity contribution in [1.82, 2.24) is 9.97 Å². The number of aromatic nitrogens is 2. The van der Waals surface area contributed by atoms with Crippen LogP contribution in [0.15, 0.2) is 41.2 Å². The fourth-order valence-electron chi connectivity index (χ4n) is 3.19. The van der Waals surface area contributed by atoms with Crippen molar-refractivity contribution < 1.29 is 19.1 Å². The van der Waals surface area contributed by atoms with Gasteiger partial charge in [0, 0.05) is 10.7 Å². The predicted octanol–water partition coefficient (Wildman–Crippen LogP) is 2.63. The minimum Gasteiger partial charge on any atom is -0.492 e. The van der Waals surface area contributed by atoms with Crippen molar-refractivity contribution in [3.63, 3.8) is 0 Å². The van der Waals surface area contributed by atoms with Crippen LogP contribution < -0.4 is 15.7 Å². The van der Waals surface area contributed by atoms with E-state index in [1.165, 1.54) is 6.92 Å². The molecule has 150 valence electrons. The molecule has 1 aliphatic rings. The second kappa shape index (κ2) is 7.63. The summed E-state index contributed by atoms with van der Waals surface area (Å²) in [7, 11) is 0. The van der Waals surface area contributed by atoms with Crippen LogP contribution in [0.1, 0.15) is 12.5 Å². The van der Waals surface area contributed by atoms with E-state index in [1.54, 1.807) is 36.4 Å². The number of hydrogen-bond donors (Lipinski definition) is 3. The zero-order chi connectivity index (χ0) is 20.5. The normalized spacial score (nSPS) is 16.6. The van der Waals surface area contributed by atoms with E-state index in [2.05, 4.69) is 15.3 Å². The second-order valence-electron chi connectivity index (χ2n) is 6.87. The Morgan fingerprint density at radius 1 is 1.21 bits per heavy atom. The minimum atomic E-state index is -0.996. The van der Waals surface area contributed by atoms with Crippen LogP contribution in [-0.4, -0.2) is 34.6 Å². The van der Waals surface area contributed by atoms with Gasteiger partial charge in [0.1, 0.15) is 12.4 Å². The average molecular weight is 416 g/mol. The van der Waals surface area contributed by atoms with Gasteiger partial charge in [0.15, 0.2) is 6.10 Å². The number of amides is 1. The molecule has 9 heteroatoms. The lowest BCUT2D eigenvalue weighted by molar-refractivity contribution is -0.158. The number of fused-ring (bicyclic) bond motifs is 2. The zero-order valence-corrected chi connectivity index (χ0v) is 16.2. The number of H-pyrrole nitrogens is 2. The van der Waals surface area contributed by atoms with Crippen LogP contribution in [0.3, 0.4) is 0 Å². The molecule has 4 rings (SSSR count). The van der Waals surface area contributed by atoms with Crippen molar-refractivity contribution >= 4 is 40.2 Å². The Bertz CT molecular complexity index is 1150. The average Bonchev–Trinajstić information content (AvgIpc) is 3.06. The van der Waals surface area contributed by atoms with E-state index in [1.807, 2.05) is 0 Å². The third-order valence-corrected chi connectivity index (χ3v) is 4.94. The van der Waals surface area contributed by atoms with E-state index in [9.17, 15) is 14.4 Å². The number of nitrogens with one attached hydrogen (secondary N) is 3. The van der Waals surface area contributed by atoms with E-state index in [0.29, 0.717) is 33.9 Å². The molecule has 1 aliphatic heterocycles. The summed E-state index contributed by atoms with van der Waals surface area (Å²) in [6, 6.07) is 10.2. The number of carbonyl (C=O) groups is 2. The van der Waals surface area contributed by atoms with Gasteiger partial charge in [-0.2, -0.15) is 0 Å². The van der Waals surface area contributed by atoms with E-state index >= 15 is 0 Å². The number of ether oxygens (including phenoxy) is 2. The molecule has 0 saturated carbocycles. The van der Waals surface area contributed by atoms with Crippen LogP contribution in [-0.2, 0) is 20.7 Å². The van der Waals surface area contributed by atoms with Gasteiger partial charge in [-0.1, -0.05) is 11.6 Å². The highest BCUT2D eigenvalue weighted by Crippen LogP contribution is 2.30. The number of imidazole rings is 1. The Hall–Kier alpha value is -3.26. The number of halogens is 1. The summed E-state index contributed by atoms with van der Waals surface area (Å²) < 4.78 is 10.9. The van der Waals surface area contributed by atoms with Crippen LogP contribution in [0.25, 0.3) is 11.0 Å². The molecule has 0 saturated heterocycles. The van der Waals surface area contributed by atoms with E-state index in [-0.39, 0.29) is 12.3 Å². The van der Waals surface area contributed by atoms with Crippen molar-refractivity contribution in [2.24, 2.45) is 5.92 Å². The van der Waals surface area contributed by atoms with Crippen LogP contribution >= 0.6 is 11.6 Å². The Morgan fingerprint density at radius 3 is 2.83 bits per heavy atom. The topological polar surface area (TPSA) is 113 Å². The molecule has 3 aromatic rings. The van der Waals surface area contributed by atoms with Crippen molar-refractivity contribution in [2.45, 2.75) is 19.4 Å². The van der Waals surface area contributed by atoms with E-state index in [0.717, 1.165) is 5.56 Å². The molecular weight excluding hydrogens is 398 g/mol. The largest absolute Gasteiger partial charge is 0.492 e. The molecule has 2 aromatic carbocycles. The Labute approximate surface area is 170 Å². The smallest absolute Gasteiger partial charge is 0.323 e. The highest BCUT2D eigenvalue weighted by atomic mass is 35.5. The van der Waals surface area contributed by atoms with Crippen LogP contribution in [0, 0.1) is 5.92 Å². The molecule has 0 fully saturated rings. The van der Waals surface area contributed by atoms with Gasteiger partial charge < -0.3 is 24.8 Å². The molecule has 3 N–H and O–H groups in total. The van der Waals surface area contributed by atoms with Crippen molar-refractivity contribution in [1.29, 1.82) is 0 Å². The number of rotatable bonds is 4. The number of benzene rings is 2. The van der Waals surface area contributed by atoms with Gasteiger partial charge in [0.25, 0.3) is 5.91 Å². The summed E-state index contributed by atoms with van der Waals surface area (Å²) in [5.74, 6) is -0.806. The third kappa shape index (κ3) is 4.12. The maximum Gasteiger partial charge on any atom is 0.323 e. The standard InChI is InChI=1S/C20H18ClN3O5/c1-10(18(25)22-14-3-4-15-16(8-14)24-20(27)23-15)29-19(26)12-6-11-7-13(21)2-5-17(11)28-9-12/h2-5,7-8,10,12H,6,9H2,1H3,(H,22,25)(H2,23,24,27)/t10-,12+/m1/s1. The fraction of sp³-hybridized carbons (Fsp3) is 0.250. The Morgan fingerprint density at radius 2 is 2.00 bits per heavy atom. The molecule has 29 heavy (non-hydrogen) atoms. The molecule has 1 aromatic heterocycles. The van der Waals surface area contributed by atoms with Gasteiger partial charge >= 0.3 is 11.7 Å². The predicted molar refractivity (Wildman–Crippen MR) is 107 cm³/mol. The fourth-order valence-corrected chi connectivity index (χ4v) is 3.39. The molecule has 0 unspecified atom stereocenters. The number of esters is 1. The highest BCUT2D eigenvalue weighted by molar-refractivity contribution is 6.30. The van der Waals surface area contributed by atoms with E-state index < -0.39 is 23.9 Å². The molecule has 2 atom stereocenters. The summed E-state index contributed by atoms with van der Waals surface area (Å²) in [4.78, 5) is 41.4. The van der Waals surface area contributed by atoms with Gasteiger partial charge in [0.2, 0.25) is 0 Å². The number of anilines is 1. The zero-order valence-electron chi connectivity index (χ0n) is 15.5. The lowest BCUT2D eigenvalue weighted by Crippen LogP contribution is -2.36. The summed E-state index contributed by atoms with van der Waals surface area (Å²) in [6.45, 7) is 1.68. The number of hydrogen-bond acceptors (Lipinski definition) is 5. The summed E-state index contributed by atoms with van der Waals surface area (Å²) in [6.07, 6.45) is -0.565. The SMILES string of the molecule is C[C@@H](OC(=O)[C@@H]1COc2ccc(Cl)cc2C1)C(=O)Nc1ccc2[nH]c(=O)[nH]c2c1. The van der Waals surface area contributed by atoms with Crippen molar-refractivity contribution in [3.8, 4) is 5.75 Å². The quantitative estimate of drug-likeness (QED) is 0.567. The molecule has 2 heterocycles. The first-order valence-corrected chi connectivity index (χ1v) is 9.41. The van der Waals surface area contributed by atoms with Crippen LogP contribution in [0.5, 0.6) is 5.75 Å². The Kier molecular flexibility index (Phi) is 5.02. The first-order chi connectivity index (χ1) is 13.9. The minimum absolute atomic E-state index is 0.180. The molecule has 8 nitrogen and oxygen atoms in total. The number of aromatic amines is 2. The van der Waals surface area contributed by atoms with Crippen molar-refractivity contribution in [2.75, 3.05) is 11.9 Å². The van der Waals surface area contributed by atoms with Gasteiger partial charge in [-0.3, -0.25) is 9.59 Å². The van der Waals surface area contributed by atoms with Gasteiger partial charge in [-0.15, -0.1) is 0 Å². The molecular formula is C20H18ClN3O5. The summed E-state index contributed by atoms with van der Waals surface area (Å²) >= 11 is 6.00. The lowest BCUT2D eigenvalue weighted by atomic mass is 9.97. The molecule has 0 bridgehead atoms. The van der Waals surface area contributed by atoms with Crippen LogP contribution in [0.4, 0.5) is 5.69 Å². The Balaban J connectivity index is 1.37. The molecule has 0 spiro atoms. The maximum absolute atomic E-state index is 12.5. The summed E-state index contributed by atoms with van der Waals surface area (Å²) in [5, 5.41) is 3.24. The number of carbonyl (C=O) groups excluding carboxylic acids is 2. The summed E-state index contributed by atoms with van der Waals surface area (Å²) in [5.41, 5.74) is 2.17. The first kappa shape index (κ1) is 19.1.